The van der Waals surface area contributed by atoms with Crippen LogP contribution in [0.15, 0.2) is 79.6 Å². The predicted molar refractivity (Wildman–Crippen MR) is 111 cm³/mol. The lowest BCUT2D eigenvalue weighted by atomic mass is 9.94. The monoisotopic (exact) mass is 383 g/mol. The van der Waals surface area contributed by atoms with Crippen LogP contribution in [0.2, 0.25) is 0 Å². The highest BCUT2D eigenvalue weighted by Gasteiger charge is 2.20. The molecule has 4 aromatic rings. The van der Waals surface area contributed by atoms with Gasteiger partial charge >= 0.3 is 0 Å². The number of aromatic nitrogens is 4. The average molecular weight is 383 g/mol. The molecule has 0 saturated heterocycles. The Balaban J connectivity index is 1.68. The van der Waals surface area contributed by atoms with Gasteiger partial charge in [0, 0.05) is 23.6 Å². The van der Waals surface area contributed by atoms with Crippen LogP contribution < -0.4 is 5.32 Å². The third kappa shape index (κ3) is 4.06. The highest BCUT2D eigenvalue weighted by Crippen LogP contribution is 2.26. The fourth-order valence-corrected chi connectivity index (χ4v) is 3.39. The van der Waals surface area contributed by atoms with Gasteiger partial charge in [-0.2, -0.15) is 0 Å². The Morgan fingerprint density at radius 1 is 1.00 bits per heavy atom. The molecule has 1 amide bonds. The quantitative estimate of drug-likeness (QED) is 0.569. The molecule has 0 aliphatic rings. The van der Waals surface area contributed by atoms with E-state index in [1.807, 2.05) is 30.3 Å². The molecule has 1 N–H and O–H groups in total. The summed E-state index contributed by atoms with van der Waals surface area (Å²) < 4.78 is 1.76. The third-order valence-electron chi connectivity index (χ3n) is 4.85. The van der Waals surface area contributed by atoms with Crippen molar-refractivity contribution in [2.24, 2.45) is 0 Å². The van der Waals surface area contributed by atoms with E-state index in [0.717, 1.165) is 22.4 Å². The Kier molecular flexibility index (Phi) is 5.16. The first-order chi connectivity index (χ1) is 14.1. The average Bonchev–Trinajstić information content (AvgIpc) is 3.28. The Labute approximate surface area is 169 Å². The Hall–Kier alpha value is -3.80. The van der Waals surface area contributed by atoms with Crippen molar-refractivity contribution in [1.82, 2.24) is 25.1 Å². The number of benzene rings is 2. The van der Waals surface area contributed by atoms with Gasteiger partial charge in [0.05, 0.1) is 6.04 Å². The molecule has 144 valence electrons. The number of carbonyl (C=O) groups is 1. The molecule has 6 nitrogen and oxygen atoms in total. The molecule has 0 radical (unpaired) electrons. The van der Waals surface area contributed by atoms with Gasteiger partial charge in [-0.1, -0.05) is 35.9 Å². The molecule has 0 aliphatic heterocycles. The first-order valence-electron chi connectivity index (χ1n) is 9.35. The maximum atomic E-state index is 13.1. The van der Waals surface area contributed by atoms with Gasteiger partial charge < -0.3 is 5.32 Å². The van der Waals surface area contributed by atoms with Crippen LogP contribution in [0.25, 0.3) is 5.69 Å². The van der Waals surface area contributed by atoms with Gasteiger partial charge in [-0.3, -0.25) is 14.3 Å². The van der Waals surface area contributed by atoms with Crippen molar-refractivity contribution >= 4 is 5.91 Å². The smallest absolute Gasteiger partial charge is 0.252 e. The summed E-state index contributed by atoms with van der Waals surface area (Å²) in [6.45, 7) is 4.12. The van der Waals surface area contributed by atoms with Crippen molar-refractivity contribution in [2.75, 3.05) is 0 Å². The molecule has 0 fully saturated rings. The van der Waals surface area contributed by atoms with Crippen LogP contribution in [0.1, 0.15) is 38.7 Å². The number of amides is 1. The minimum atomic E-state index is -0.296. The third-order valence-corrected chi connectivity index (χ3v) is 4.85. The van der Waals surface area contributed by atoms with E-state index in [0.29, 0.717) is 5.56 Å². The van der Waals surface area contributed by atoms with Crippen LogP contribution in [0.3, 0.4) is 0 Å². The molecule has 1 unspecified atom stereocenters. The lowest BCUT2D eigenvalue weighted by Gasteiger charge is -2.22. The number of pyridine rings is 1. The van der Waals surface area contributed by atoms with Crippen molar-refractivity contribution in [2.45, 2.75) is 19.9 Å². The summed E-state index contributed by atoms with van der Waals surface area (Å²) in [4.78, 5) is 17.4. The summed E-state index contributed by atoms with van der Waals surface area (Å²) in [6.07, 6.45) is 6.72. The number of nitrogens with one attached hydrogen (secondary N) is 1. The number of rotatable bonds is 5. The van der Waals surface area contributed by atoms with Crippen molar-refractivity contribution in [3.63, 3.8) is 0 Å². The standard InChI is InChI=1S/C23H21N5O/c1-16-8-9-21(17(2)11-16)22(19-6-4-10-24-13-19)27-23(29)18-5-3-7-20(12-18)28-14-25-26-15-28/h3-15,22H,1-2H3,(H,27,29). The van der Waals surface area contributed by atoms with E-state index in [9.17, 15) is 4.79 Å². The Morgan fingerprint density at radius 3 is 2.55 bits per heavy atom. The fraction of sp³-hybridized carbons (Fsp3) is 0.130. The molecule has 4 rings (SSSR count). The van der Waals surface area contributed by atoms with E-state index in [2.05, 4.69) is 52.5 Å². The van der Waals surface area contributed by atoms with Gasteiger partial charge in [0.25, 0.3) is 5.91 Å². The van der Waals surface area contributed by atoms with Crippen LogP contribution >= 0.6 is 0 Å². The van der Waals surface area contributed by atoms with E-state index in [4.69, 9.17) is 0 Å². The largest absolute Gasteiger partial charge is 0.341 e. The van der Waals surface area contributed by atoms with Crippen LogP contribution in [0.5, 0.6) is 0 Å². The fourth-order valence-electron chi connectivity index (χ4n) is 3.39. The molecule has 0 saturated carbocycles. The second-order valence-electron chi connectivity index (χ2n) is 6.97. The molecule has 2 heterocycles. The van der Waals surface area contributed by atoms with E-state index < -0.39 is 0 Å². The number of hydrogen-bond donors (Lipinski definition) is 1. The molecule has 2 aromatic heterocycles. The van der Waals surface area contributed by atoms with Crippen LogP contribution in [0, 0.1) is 13.8 Å². The number of nitrogens with zero attached hydrogens (tertiary/aromatic N) is 4. The highest BCUT2D eigenvalue weighted by atomic mass is 16.1. The topological polar surface area (TPSA) is 72.7 Å². The summed E-state index contributed by atoms with van der Waals surface area (Å²) in [5.41, 5.74) is 5.68. The summed E-state index contributed by atoms with van der Waals surface area (Å²) >= 11 is 0. The second-order valence-corrected chi connectivity index (χ2v) is 6.97. The summed E-state index contributed by atoms with van der Waals surface area (Å²) in [6, 6.07) is 17.2. The number of hydrogen-bond acceptors (Lipinski definition) is 4. The predicted octanol–water partition coefficient (Wildman–Crippen LogP) is 3.80. The molecule has 0 spiro atoms. The zero-order valence-corrected chi connectivity index (χ0v) is 16.3. The molecule has 1 atom stereocenters. The first-order valence-corrected chi connectivity index (χ1v) is 9.35. The molecule has 0 bridgehead atoms. The van der Waals surface area contributed by atoms with Gasteiger partial charge in [-0.25, -0.2) is 0 Å². The van der Waals surface area contributed by atoms with Crippen LogP contribution in [-0.2, 0) is 0 Å². The zero-order valence-electron chi connectivity index (χ0n) is 16.3. The van der Waals surface area contributed by atoms with Crippen molar-refractivity contribution < 1.29 is 4.79 Å². The molecule has 0 aliphatic carbocycles. The number of aryl methyl sites for hydroxylation is 2. The first kappa shape index (κ1) is 18.6. The van der Waals surface area contributed by atoms with Crippen molar-refractivity contribution in [3.8, 4) is 5.69 Å². The van der Waals surface area contributed by atoms with E-state index in [1.54, 1.807) is 35.7 Å². The molecular weight excluding hydrogens is 362 g/mol. The molecule has 6 heteroatoms. The lowest BCUT2D eigenvalue weighted by Crippen LogP contribution is -2.30. The van der Waals surface area contributed by atoms with Crippen molar-refractivity contribution in [3.05, 3.63) is 107 Å². The van der Waals surface area contributed by atoms with Crippen LogP contribution in [0.4, 0.5) is 0 Å². The molecule has 29 heavy (non-hydrogen) atoms. The number of carbonyl (C=O) groups excluding carboxylic acids is 1. The normalized spacial score (nSPS) is 11.8. The summed E-state index contributed by atoms with van der Waals surface area (Å²) in [5.74, 6) is -0.159. The van der Waals surface area contributed by atoms with E-state index >= 15 is 0 Å². The summed E-state index contributed by atoms with van der Waals surface area (Å²) in [5, 5.41) is 10.8. The molecular formula is C23H21N5O. The minimum absolute atomic E-state index is 0.159. The Morgan fingerprint density at radius 2 is 1.83 bits per heavy atom. The maximum absolute atomic E-state index is 13.1. The Bertz CT molecular complexity index is 1120. The molecule has 2 aromatic carbocycles. The van der Waals surface area contributed by atoms with Gasteiger partial charge in [0.2, 0.25) is 0 Å². The van der Waals surface area contributed by atoms with Crippen molar-refractivity contribution in [1.29, 1.82) is 0 Å². The SMILES string of the molecule is Cc1ccc(C(NC(=O)c2cccc(-n3cnnc3)c2)c2cccnc2)c(C)c1. The zero-order chi connectivity index (χ0) is 20.2. The van der Waals surface area contributed by atoms with Gasteiger partial charge in [0.1, 0.15) is 12.7 Å². The van der Waals surface area contributed by atoms with E-state index in [1.165, 1.54) is 5.56 Å². The second kappa shape index (κ2) is 8.06. The summed E-state index contributed by atoms with van der Waals surface area (Å²) in [7, 11) is 0. The van der Waals surface area contributed by atoms with E-state index in [-0.39, 0.29) is 11.9 Å². The minimum Gasteiger partial charge on any atom is -0.341 e. The van der Waals surface area contributed by atoms with Gasteiger partial charge in [0.15, 0.2) is 0 Å². The van der Waals surface area contributed by atoms with Crippen LogP contribution in [-0.4, -0.2) is 25.7 Å². The van der Waals surface area contributed by atoms with Gasteiger partial charge in [-0.05, 0) is 54.8 Å². The van der Waals surface area contributed by atoms with Gasteiger partial charge in [-0.15, -0.1) is 10.2 Å². The lowest BCUT2D eigenvalue weighted by molar-refractivity contribution is 0.0943. The highest BCUT2D eigenvalue weighted by molar-refractivity contribution is 5.95. The maximum Gasteiger partial charge on any atom is 0.252 e.